The highest BCUT2D eigenvalue weighted by Gasteiger charge is 2.26. The molecule has 3 aromatic carbocycles. The van der Waals surface area contributed by atoms with Crippen LogP contribution in [0.1, 0.15) is 24.4 Å². The summed E-state index contributed by atoms with van der Waals surface area (Å²) in [5.74, 6) is 1.39. The molecular formula is C27H27BrN4O4. The first-order valence-corrected chi connectivity index (χ1v) is 12.1. The van der Waals surface area contributed by atoms with Gasteiger partial charge in [-0.2, -0.15) is 0 Å². The molecule has 0 saturated carbocycles. The Bertz CT molecular complexity index is 1480. The summed E-state index contributed by atoms with van der Waals surface area (Å²) in [4.78, 5) is 33.3. The van der Waals surface area contributed by atoms with Crippen molar-refractivity contribution < 1.29 is 14.3 Å². The van der Waals surface area contributed by atoms with Gasteiger partial charge < -0.3 is 19.7 Å². The summed E-state index contributed by atoms with van der Waals surface area (Å²) in [6.07, 6.45) is 0. The lowest BCUT2D eigenvalue weighted by atomic mass is 10.2. The van der Waals surface area contributed by atoms with Gasteiger partial charge in [0, 0.05) is 24.9 Å². The molecule has 1 heterocycles. The number of benzene rings is 3. The van der Waals surface area contributed by atoms with E-state index in [-0.39, 0.29) is 11.6 Å². The Morgan fingerprint density at radius 1 is 1.08 bits per heavy atom. The molecule has 4 aromatic rings. The molecule has 0 spiro atoms. The van der Waals surface area contributed by atoms with E-state index in [9.17, 15) is 9.59 Å². The van der Waals surface area contributed by atoms with Crippen molar-refractivity contribution in [3.8, 4) is 17.2 Å². The van der Waals surface area contributed by atoms with Crippen molar-refractivity contribution in [3.05, 3.63) is 86.9 Å². The second kappa shape index (κ2) is 10.4. The van der Waals surface area contributed by atoms with Crippen LogP contribution in [0, 0.1) is 6.92 Å². The van der Waals surface area contributed by atoms with Crippen molar-refractivity contribution in [2.75, 3.05) is 26.6 Å². The highest BCUT2D eigenvalue weighted by Crippen LogP contribution is 2.36. The highest BCUT2D eigenvalue weighted by molar-refractivity contribution is 9.10. The van der Waals surface area contributed by atoms with Crippen molar-refractivity contribution >= 4 is 38.6 Å². The van der Waals surface area contributed by atoms with Gasteiger partial charge in [0.25, 0.3) is 5.56 Å². The van der Waals surface area contributed by atoms with Crippen LogP contribution in [0.4, 0.5) is 10.5 Å². The number of hydrogen-bond donors (Lipinski definition) is 1. The lowest BCUT2D eigenvalue weighted by Crippen LogP contribution is -2.37. The molecule has 0 fully saturated rings. The van der Waals surface area contributed by atoms with Crippen LogP contribution in [0.15, 0.2) is 69.9 Å². The summed E-state index contributed by atoms with van der Waals surface area (Å²) in [7, 11) is 4.75. The van der Waals surface area contributed by atoms with Crippen molar-refractivity contribution in [2.45, 2.75) is 19.9 Å². The highest BCUT2D eigenvalue weighted by atomic mass is 79.9. The minimum Gasteiger partial charge on any atom is -0.497 e. The van der Waals surface area contributed by atoms with Crippen LogP contribution in [-0.4, -0.2) is 41.7 Å². The monoisotopic (exact) mass is 550 g/mol. The maximum absolute atomic E-state index is 13.8. The minimum absolute atomic E-state index is 0.272. The van der Waals surface area contributed by atoms with Crippen LogP contribution < -0.4 is 20.3 Å². The van der Waals surface area contributed by atoms with Crippen molar-refractivity contribution in [2.24, 2.45) is 0 Å². The predicted octanol–water partition coefficient (Wildman–Crippen LogP) is 5.70. The second-order valence-electron chi connectivity index (χ2n) is 8.37. The average Bonchev–Trinajstić information content (AvgIpc) is 2.89. The topological polar surface area (TPSA) is 85.7 Å². The number of aryl methyl sites for hydroxylation is 1. The molecule has 1 atom stereocenters. The molecule has 8 nitrogen and oxygen atoms in total. The summed E-state index contributed by atoms with van der Waals surface area (Å²) < 4.78 is 13.0. The Morgan fingerprint density at radius 2 is 1.78 bits per heavy atom. The van der Waals surface area contributed by atoms with E-state index in [2.05, 4.69) is 21.2 Å². The van der Waals surface area contributed by atoms with E-state index >= 15 is 0 Å². The number of nitrogens with zero attached hydrogens (tertiary/aromatic N) is 3. The molecule has 9 heteroatoms. The molecule has 0 bridgehead atoms. The van der Waals surface area contributed by atoms with E-state index in [1.807, 2.05) is 44.2 Å². The molecule has 0 radical (unpaired) electrons. The molecule has 0 aliphatic rings. The number of carbonyl (C=O) groups excluding carboxylic acids is 1. The third-order valence-electron chi connectivity index (χ3n) is 6.07. The zero-order valence-corrected chi connectivity index (χ0v) is 22.3. The number of halogens is 1. The van der Waals surface area contributed by atoms with Crippen LogP contribution >= 0.6 is 15.9 Å². The van der Waals surface area contributed by atoms with Crippen LogP contribution in [0.2, 0.25) is 0 Å². The number of hydrogen-bond acceptors (Lipinski definition) is 5. The van der Waals surface area contributed by atoms with E-state index in [1.165, 1.54) is 16.6 Å². The normalized spacial score (nSPS) is 11.7. The Morgan fingerprint density at radius 3 is 2.44 bits per heavy atom. The third-order valence-corrected chi connectivity index (χ3v) is 6.87. The number of aromatic nitrogens is 2. The number of amides is 2. The summed E-state index contributed by atoms with van der Waals surface area (Å²) >= 11 is 3.58. The van der Waals surface area contributed by atoms with E-state index in [0.29, 0.717) is 44.1 Å². The largest absolute Gasteiger partial charge is 0.497 e. The molecule has 0 aliphatic heterocycles. The van der Waals surface area contributed by atoms with Crippen LogP contribution in [0.3, 0.4) is 0 Å². The number of methoxy groups -OCH3 is 2. The molecule has 1 unspecified atom stereocenters. The molecule has 36 heavy (non-hydrogen) atoms. The fraction of sp³-hybridized carbons (Fsp3) is 0.222. The molecular weight excluding hydrogens is 524 g/mol. The number of fused-ring (bicyclic) bond motifs is 1. The lowest BCUT2D eigenvalue weighted by molar-refractivity contribution is 0.205. The van der Waals surface area contributed by atoms with Crippen molar-refractivity contribution in [3.63, 3.8) is 0 Å². The van der Waals surface area contributed by atoms with E-state index < -0.39 is 6.04 Å². The molecule has 0 saturated heterocycles. The Labute approximate surface area is 217 Å². The summed E-state index contributed by atoms with van der Waals surface area (Å²) in [5, 5.41) is 3.35. The van der Waals surface area contributed by atoms with Gasteiger partial charge in [0.05, 0.1) is 41.3 Å². The van der Waals surface area contributed by atoms with Gasteiger partial charge in [0.15, 0.2) is 0 Å². The number of carbonyl (C=O) groups is 1. The summed E-state index contributed by atoms with van der Waals surface area (Å²) in [6, 6.07) is 17.2. The van der Waals surface area contributed by atoms with Crippen molar-refractivity contribution in [1.82, 2.24) is 14.5 Å². The Hall–Kier alpha value is -3.85. The lowest BCUT2D eigenvalue weighted by Gasteiger charge is -2.27. The maximum atomic E-state index is 13.8. The maximum Gasteiger partial charge on any atom is 0.322 e. The SMILES string of the molecule is COc1cc(OC)c(Br)c(-n2c(C(C)N(C)C(=O)Nc3ccc(C)cc3)nc3ccccc3c2=O)c1. The molecule has 186 valence electrons. The fourth-order valence-corrected chi connectivity index (χ4v) is 4.42. The molecule has 1 aromatic heterocycles. The van der Waals surface area contributed by atoms with Gasteiger partial charge >= 0.3 is 6.03 Å². The first-order chi connectivity index (χ1) is 17.2. The second-order valence-corrected chi connectivity index (χ2v) is 9.17. The van der Waals surface area contributed by atoms with Crippen LogP contribution in [-0.2, 0) is 0 Å². The number of para-hydroxylation sites is 1. The van der Waals surface area contributed by atoms with Gasteiger partial charge in [-0.15, -0.1) is 0 Å². The quantitative estimate of drug-likeness (QED) is 0.333. The van der Waals surface area contributed by atoms with E-state index in [1.54, 1.807) is 44.5 Å². The summed E-state index contributed by atoms with van der Waals surface area (Å²) in [5.41, 5.74) is 2.53. The minimum atomic E-state index is -0.572. The number of urea groups is 1. The zero-order chi connectivity index (χ0) is 26.0. The number of nitrogens with one attached hydrogen (secondary N) is 1. The van der Waals surface area contributed by atoms with E-state index in [0.717, 1.165) is 5.56 Å². The third kappa shape index (κ3) is 4.79. The summed E-state index contributed by atoms with van der Waals surface area (Å²) in [6.45, 7) is 3.81. The molecule has 4 rings (SSSR count). The van der Waals surface area contributed by atoms with Gasteiger partial charge in [-0.05, 0) is 54.0 Å². The van der Waals surface area contributed by atoms with Crippen LogP contribution in [0.25, 0.3) is 16.6 Å². The average molecular weight is 551 g/mol. The van der Waals surface area contributed by atoms with Crippen molar-refractivity contribution in [1.29, 1.82) is 0 Å². The van der Waals surface area contributed by atoms with Gasteiger partial charge in [-0.25, -0.2) is 9.78 Å². The van der Waals surface area contributed by atoms with Gasteiger partial charge in [-0.3, -0.25) is 9.36 Å². The fourth-order valence-electron chi connectivity index (χ4n) is 3.85. The standard InChI is InChI=1S/C27H27BrN4O4/c1-16-10-12-18(13-11-16)29-27(34)31(3)17(2)25-30-21-9-7-6-8-20(21)26(33)32(25)22-14-19(35-4)15-23(36-5)24(22)28/h6-15,17H,1-5H3,(H,29,34). The van der Waals surface area contributed by atoms with Gasteiger partial charge in [0.2, 0.25) is 0 Å². The predicted molar refractivity (Wildman–Crippen MR) is 145 cm³/mol. The van der Waals surface area contributed by atoms with E-state index in [4.69, 9.17) is 14.5 Å². The number of ether oxygens (including phenoxy) is 2. The Balaban J connectivity index is 1.86. The van der Waals surface area contributed by atoms with Gasteiger partial charge in [-0.1, -0.05) is 29.8 Å². The molecule has 0 aliphatic carbocycles. The number of anilines is 1. The van der Waals surface area contributed by atoms with Crippen LogP contribution in [0.5, 0.6) is 11.5 Å². The number of rotatable bonds is 6. The first-order valence-electron chi connectivity index (χ1n) is 11.3. The smallest absolute Gasteiger partial charge is 0.322 e. The molecule has 2 amide bonds. The van der Waals surface area contributed by atoms with Gasteiger partial charge in [0.1, 0.15) is 17.3 Å². The Kier molecular flexibility index (Phi) is 7.30. The molecule has 1 N–H and O–H groups in total. The zero-order valence-electron chi connectivity index (χ0n) is 20.7. The first kappa shape index (κ1) is 25.2.